The molecule has 0 saturated heterocycles. The SMILES string of the molecule is CCC(C)(N)c1cc(C)ccc1F. The van der Waals surface area contributed by atoms with Crippen LogP contribution in [0, 0.1) is 12.7 Å². The van der Waals surface area contributed by atoms with E-state index in [4.69, 9.17) is 5.73 Å². The Balaban J connectivity index is 3.20. The first kappa shape index (κ1) is 10.2. The molecule has 72 valence electrons. The van der Waals surface area contributed by atoms with Crippen molar-refractivity contribution in [3.05, 3.63) is 35.1 Å². The molecule has 0 spiro atoms. The van der Waals surface area contributed by atoms with Gasteiger partial charge in [-0.25, -0.2) is 4.39 Å². The number of hydrogen-bond acceptors (Lipinski definition) is 1. The van der Waals surface area contributed by atoms with Gasteiger partial charge in [0.2, 0.25) is 0 Å². The molecule has 1 nitrogen and oxygen atoms in total. The molecule has 1 atom stereocenters. The van der Waals surface area contributed by atoms with Crippen LogP contribution >= 0.6 is 0 Å². The van der Waals surface area contributed by atoms with Gasteiger partial charge in [-0.3, -0.25) is 0 Å². The Kier molecular flexibility index (Phi) is 2.71. The highest BCUT2D eigenvalue weighted by atomic mass is 19.1. The van der Waals surface area contributed by atoms with Crippen LogP contribution in [-0.2, 0) is 5.54 Å². The second-order valence-corrected chi connectivity index (χ2v) is 3.75. The van der Waals surface area contributed by atoms with E-state index in [-0.39, 0.29) is 5.82 Å². The Morgan fingerprint density at radius 2 is 2.08 bits per heavy atom. The van der Waals surface area contributed by atoms with E-state index in [2.05, 4.69) is 0 Å². The lowest BCUT2D eigenvalue weighted by Crippen LogP contribution is -2.33. The van der Waals surface area contributed by atoms with Gasteiger partial charge in [-0.1, -0.05) is 24.6 Å². The fourth-order valence-electron chi connectivity index (χ4n) is 1.27. The van der Waals surface area contributed by atoms with Crippen molar-refractivity contribution in [3.8, 4) is 0 Å². The zero-order valence-corrected chi connectivity index (χ0v) is 8.39. The van der Waals surface area contributed by atoms with Gasteiger partial charge in [0.05, 0.1) is 0 Å². The van der Waals surface area contributed by atoms with Gasteiger partial charge >= 0.3 is 0 Å². The average Bonchev–Trinajstić information content (AvgIpc) is 2.09. The Bertz CT molecular complexity index is 305. The Hall–Kier alpha value is -0.890. The molecular weight excluding hydrogens is 165 g/mol. The minimum atomic E-state index is -0.559. The van der Waals surface area contributed by atoms with Crippen LogP contribution in [0.25, 0.3) is 0 Å². The first-order valence-electron chi connectivity index (χ1n) is 4.53. The predicted molar refractivity (Wildman–Crippen MR) is 53.0 cm³/mol. The number of nitrogens with two attached hydrogens (primary N) is 1. The molecule has 2 N–H and O–H groups in total. The van der Waals surface area contributed by atoms with E-state index >= 15 is 0 Å². The van der Waals surface area contributed by atoms with Gasteiger partial charge in [-0.2, -0.15) is 0 Å². The van der Waals surface area contributed by atoms with E-state index in [0.717, 1.165) is 12.0 Å². The van der Waals surface area contributed by atoms with Crippen molar-refractivity contribution in [2.75, 3.05) is 0 Å². The quantitative estimate of drug-likeness (QED) is 0.745. The summed E-state index contributed by atoms with van der Waals surface area (Å²) in [5, 5.41) is 0. The maximum atomic E-state index is 13.4. The van der Waals surface area contributed by atoms with Crippen LogP contribution in [0.1, 0.15) is 31.4 Å². The minimum absolute atomic E-state index is 0.211. The molecule has 0 aromatic heterocycles. The number of halogens is 1. The molecular formula is C11H16FN. The van der Waals surface area contributed by atoms with Crippen molar-refractivity contribution in [2.45, 2.75) is 32.7 Å². The molecule has 1 unspecified atom stereocenters. The molecule has 0 aliphatic rings. The van der Waals surface area contributed by atoms with Crippen LogP contribution < -0.4 is 5.73 Å². The summed E-state index contributed by atoms with van der Waals surface area (Å²) < 4.78 is 13.4. The van der Waals surface area contributed by atoms with Crippen LogP contribution in [0.3, 0.4) is 0 Å². The first-order chi connectivity index (χ1) is 5.97. The fourth-order valence-corrected chi connectivity index (χ4v) is 1.27. The van der Waals surface area contributed by atoms with E-state index < -0.39 is 5.54 Å². The molecule has 0 radical (unpaired) electrons. The highest BCUT2D eigenvalue weighted by molar-refractivity contribution is 5.29. The molecule has 1 aromatic rings. The van der Waals surface area contributed by atoms with Gasteiger partial charge in [-0.15, -0.1) is 0 Å². The summed E-state index contributed by atoms with van der Waals surface area (Å²) in [4.78, 5) is 0. The van der Waals surface area contributed by atoms with Crippen LogP contribution in [-0.4, -0.2) is 0 Å². The Labute approximate surface area is 78.8 Å². The summed E-state index contributed by atoms with van der Waals surface area (Å²) >= 11 is 0. The van der Waals surface area contributed by atoms with Crippen molar-refractivity contribution in [1.82, 2.24) is 0 Å². The van der Waals surface area contributed by atoms with Gasteiger partial charge in [0, 0.05) is 11.1 Å². The Morgan fingerprint density at radius 3 is 2.62 bits per heavy atom. The van der Waals surface area contributed by atoms with Crippen molar-refractivity contribution in [2.24, 2.45) is 5.73 Å². The fraction of sp³-hybridized carbons (Fsp3) is 0.455. The lowest BCUT2D eigenvalue weighted by atomic mass is 9.89. The van der Waals surface area contributed by atoms with Crippen LogP contribution in [0.5, 0.6) is 0 Å². The van der Waals surface area contributed by atoms with Crippen molar-refractivity contribution in [3.63, 3.8) is 0 Å². The van der Waals surface area contributed by atoms with Crippen molar-refractivity contribution in [1.29, 1.82) is 0 Å². The summed E-state index contributed by atoms with van der Waals surface area (Å²) in [5.41, 5.74) is 7.06. The molecule has 1 aromatic carbocycles. The normalized spacial score (nSPS) is 15.5. The summed E-state index contributed by atoms with van der Waals surface area (Å²) in [7, 11) is 0. The summed E-state index contributed by atoms with van der Waals surface area (Å²) in [5.74, 6) is -0.211. The molecule has 0 saturated carbocycles. The smallest absolute Gasteiger partial charge is 0.128 e. The van der Waals surface area contributed by atoms with E-state index in [1.165, 1.54) is 6.07 Å². The van der Waals surface area contributed by atoms with Crippen LogP contribution in [0.15, 0.2) is 18.2 Å². The first-order valence-corrected chi connectivity index (χ1v) is 4.53. The molecule has 13 heavy (non-hydrogen) atoms. The zero-order chi connectivity index (χ0) is 10.1. The monoisotopic (exact) mass is 181 g/mol. The van der Waals surface area contributed by atoms with E-state index in [0.29, 0.717) is 5.56 Å². The van der Waals surface area contributed by atoms with Crippen LogP contribution in [0.4, 0.5) is 4.39 Å². The summed E-state index contributed by atoms with van der Waals surface area (Å²) in [6, 6.07) is 5.05. The molecule has 0 heterocycles. The molecule has 1 rings (SSSR count). The highest BCUT2D eigenvalue weighted by Gasteiger charge is 2.22. The summed E-state index contributed by atoms with van der Waals surface area (Å²) in [6.45, 7) is 5.75. The van der Waals surface area contributed by atoms with E-state index in [9.17, 15) is 4.39 Å². The van der Waals surface area contributed by atoms with Gasteiger partial charge in [0.25, 0.3) is 0 Å². The second kappa shape index (κ2) is 3.46. The second-order valence-electron chi connectivity index (χ2n) is 3.75. The van der Waals surface area contributed by atoms with E-state index in [1.54, 1.807) is 6.07 Å². The Morgan fingerprint density at radius 1 is 1.46 bits per heavy atom. The topological polar surface area (TPSA) is 26.0 Å². The molecule has 0 aliphatic carbocycles. The average molecular weight is 181 g/mol. The lowest BCUT2D eigenvalue weighted by Gasteiger charge is -2.24. The number of aryl methyl sites for hydroxylation is 1. The molecule has 0 amide bonds. The molecule has 0 bridgehead atoms. The lowest BCUT2D eigenvalue weighted by molar-refractivity contribution is 0.445. The zero-order valence-electron chi connectivity index (χ0n) is 8.39. The number of rotatable bonds is 2. The molecule has 0 aliphatic heterocycles. The van der Waals surface area contributed by atoms with Crippen LogP contribution in [0.2, 0.25) is 0 Å². The van der Waals surface area contributed by atoms with Gasteiger partial charge in [0.15, 0.2) is 0 Å². The summed E-state index contributed by atoms with van der Waals surface area (Å²) in [6.07, 6.45) is 0.730. The van der Waals surface area contributed by atoms with E-state index in [1.807, 2.05) is 26.8 Å². The van der Waals surface area contributed by atoms with Crippen molar-refractivity contribution < 1.29 is 4.39 Å². The molecule has 0 fully saturated rings. The third-order valence-electron chi connectivity index (χ3n) is 2.47. The maximum absolute atomic E-state index is 13.4. The minimum Gasteiger partial charge on any atom is -0.322 e. The third kappa shape index (κ3) is 2.07. The number of benzene rings is 1. The maximum Gasteiger partial charge on any atom is 0.128 e. The van der Waals surface area contributed by atoms with Gasteiger partial charge in [-0.05, 0) is 26.3 Å². The standard InChI is InChI=1S/C11H16FN/c1-4-11(3,13)9-7-8(2)5-6-10(9)12/h5-7H,4,13H2,1-3H3. The van der Waals surface area contributed by atoms with Crippen molar-refractivity contribution >= 4 is 0 Å². The highest BCUT2D eigenvalue weighted by Crippen LogP contribution is 2.24. The third-order valence-corrected chi connectivity index (χ3v) is 2.47. The predicted octanol–water partition coefficient (Wildman–Crippen LogP) is 2.72. The number of hydrogen-bond donors (Lipinski definition) is 1. The molecule has 2 heteroatoms. The largest absolute Gasteiger partial charge is 0.322 e. The van der Waals surface area contributed by atoms with Gasteiger partial charge < -0.3 is 5.73 Å². The van der Waals surface area contributed by atoms with Gasteiger partial charge in [0.1, 0.15) is 5.82 Å².